The van der Waals surface area contributed by atoms with Gasteiger partial charge in [-0.3, -0.25) is 15.0 Å². The molecule has 3 heterocycles. The van der Waals surface area contributed by atoms with E-state index in [1.807, 2.05) is 36.5 Å². The fourth-order valence-corrected chi connectivity index (χ4v) is 2.17. The van der Waals surface area contributed by atoms with Crippen molar-refractivity contribution in [3.8, 4) is 22.4 Å². The highest BCUT2D eigenvalue weighted by Gasteiger charge is 2.11. The molecule has 3 rings (SSSR count). The molecule has 0 fully saturated rings. The first kappa shape index (κ1) is 11.5. The maximum absolute atomic E-state index is 4.54. The van der Waals surface area contributed by atoms with E-state index in [1.165, 1.54) is 5.56 Å². The molecule has 0 atom stereocenters. The number of rotatable bonds is 2. The molecule has 0 amide bonds. The van der Waals surface area contributed by atoms with Gasteiger partial charge in [0.25, 0.3) is 0 Å². The van der Waals surface area contributed by atoms with Crippen molar-refractivity contribution in [1.29, 1.82) is 0 Å². The molecule has 0 aromatic carbocycles. The predicted molar refractivity (Wildman–Crippen MR) is 75.4 cm³/mol. The quantitative estimate of drug-likeness (QED) is 0.695. The Labute approximate surface area is 112 Å². The van der Waals surface area contributed by atoms with Crippen molar-refractivity contribution in [2.75, 3.05) is 0 Å². The smallest absolute Gasteiger partial charge is 0.0784 e. The van der Waals surface area contributed by atoms with Gasteiger partial charge in [-0.05, 0) is 48.4 Å². The summed E-state index contributed by atoms with van der Waals surface area (Å²) in [5.74, 6) is 0. The molecule has 3 nitrogen and oxygen atoms in total. The SMILES string of the molecule is Cc1ccnc(-c2ccncc2)c1-c1ccncc1. The van der Waals surface area contributed by atoms with E-state index in [9.17, 15) is 0 Å². The first-order chi connectivity index (χ1) is 9.36. The van der Waals surface area contributed by atoms with Crippen LogP contribution in [0, 0.1) is 6.92 Å². The molecule has 0 N–H and O–H groups in total. The number of pyridine rings is 3. The van der Waals surface area contributed by atoms with Gasteiger partial charge in [-0.15, -0.1) is 0 Å². The molecule has 0 bridgehead atoms. The summed E-state index contributed by atoms with van der Waals surface area (Å²) < 4.78 is 0. The molecule has 19 heavy (non-hydrogen) atoms. The molecule has 92 valence electrons. The van der Waals surface area contributed by atoms with Crippen LogP contribution in [0.4, 0.5) is 0 Å². The molecule has 0 unspecified atom stereocenters. The highest BCUT2D eigenvalue weighted by atomic mass is 14.7. The van der Waals surface area contributed by atoms with E-state index in [-0.39, 0.29) is 0 Å². The van der Waals surface area contributed by atoms with Gasteiger partial charge in [-0.1, -0.05) is 0 Å². The summed E-state index contributed by atoms with van der Waals surface area (Å²) in [4.78, 5) is 12.7. The van der Waals surface area contributed by atoms with E-state index < -0.39 is 0 Å². The van der Waals surface area contributed by atoms with Crippen LogP contribution in [0.2, 0.25) is 0 Å². The summed E-state index contributed by atoms with van der Waals surface area (Å²) in [5.41, 5.74) is 5.54. The fraction of sp³-hybridized carbons (Fsp3) is 0.0625. The molecule has 0 aliphatic rings. The van der Waals surface area contributed by atoms with Crippen molar-refractivity contribution >= 4 is 0 Å². The topological polar surface area (TPSA) is 38.7 Å². The van der Waals surface area contributed by atoms with E-state index in [0.29, 0.717) is 0 Å². The third kappa shape index (κ3) is 2.22. The standard InChI is InChI=1S/C16H13N3/c1-12-2-11-19-16(14-5-9-18-10-6-14)15(12)13-3-7-17-8-4-13/h2-11H,1H3. The lowest BCUT2D eigenvalue weighted by Gasteiger charge is -2.11. The average molecular weight is 247 g/mol. The highest BCUT2D eigenvalue weighted by molar-refractivity contribution is 5.82. The largest absolute Gasteiger partial charge is 0.265 e. The van der Waals surface area contributed by atoms with Crippen molar-refractivity contribution in [3.63, 3.8) is 0 Å². The minimum absolute atomic E-state index is 0.980. The van der Waals surface area contributed by atoms with Crippen LogP contribution >= 0.6 is 0 Å². The molecule has 0 spiro atoms. The predicted octanol–water partition coefficient (Wildman–Crippen LogP) is 3.51. The Morgan fingerprint density at radius 3 is 1.89 bits per heavy atom. The van der Waals surface area contributed by atoms with Crippen LogP contribution < -0.4 is 0 Å². The Morgan fingerprint density at radius 2 is 1.26 bits per heavy atom. The van der Waals surface area contributed by atoms with Crippen molar-refractivity contribution in [2.45, 2.75) is 6.92 Å². The maximum atomic E-state index is 4.54. The third-order valence-electron chi connectivity index (χ3n) is 3.08. The lowest BCUT2D eigenvalue weighted by atomic mass is 9.97. The number of aromatic nitrogens is 3. The van der Waals surface area contributed by atoms with Crippen LogP contribution in [0.15, 0.2) is 61.3 Å². The Hall–Kier alpha value is -2.55. The number of aryl methyl sites for hydroxylation is 1. The van der Waals surface area contributed by atoms with Crippen molar-refractivity contribution in [3.05, 3.63) is 66.9 Å². The Kier molecular flexibility index (Phi) is 3.02. The number of hydrogen-bond acceptors (Lipinski definition) is 3. The van der Waals surface area contributed by atoms with E-state index in [4.69, 9.17) is 0 Å². The average Bonchev–Trinajstić information content (AvgIpc) is 2.49. The minimum Gasteiger partial charge on any atom is -0.265 e. The van der Waals surface area contributed by atoms with E-state index in [2.05, 4.69) is 21.9 Å². The molecular formula is C16H13N3. The molecule has 3 heteroatoms. The van der Waals surface area contributed by atoms with Crippen LogP contribution in [-0.2, 0) is 0 Å². The third-order valence-corrected chi connectivity index (χ3v) is 3.08. The van der Waals surface area contributed by atoms with Gasteiger partial charge < -0.3 is 0 Å². The van der Waals surface area contributed by atoms with Crippen molar-refractivity contribution < 1.29 is 0 Å². The van der Waals surface area contributed by atoms with E-state index in [0.717, 1.165) is 22.4 Å². The minimum atomic E-state index is 0.980. The van der Waals surface area contributed by atoms with Crippen LogP contribution in [-0.4, -0.2) is 15.0 Å². The normalized spacial score (nSPS) is 10.4. The molecule has 0 aliphatic heterocycles. The molecule has 3 aromatic heterocycles. The monoisotopic (exact) mass is 247 g/mol. The van der Waals surface area contributed by atoms with Gasteiger partial charge in [0, 0.05) is 42.1 Å². The molecule has 0 saturated carbocycles. The second-order valence-electron chi connectivity index (χ2n) is 4.32. The maximum Gasteiger partial charge on any atom is 0.0784 e. The van der Waals surface area contributed by atoms with Crippen LogP contribution in [0.1, 0.15) is 5.56 Å². The lowest BCUT2D eigenvalue weighted by molar-refractivity contribution is 1.26. The van der Waals surface area contributed by atoms with Crippen LogP contribution in [0.25, 0.3) is 22.4 Å². The van der Waals surface area contributed by atoms with Crippen LogP contribution in [0.3, 0.4) is 0 Å². The molecule has 0 aliphatic carbocycles. The zero-order chi connectivity index (χ0) is 13.1. The molecule has 0 saturated heterocycles. The second-order valence-corrected chi connectivity index (χ2v) is 4.32. The summed E-state index contributed by atoms with van der Waals surface area (Å²) in [7, 11) is 0. The zero-order valence-corrected chi connectivity index (χ0v) is 10.6. The first-order valence-electron chi connectivity index (χ1n) is 6.12. The molecule has 3 aromatic rings. The van der Waals surface area contributed by atoms with Gasteiger partial charge in [-0.2, -0.15) is 0 Å². The van der Waals surface area contributed by atoms with E-state index >= 15 is 0 Å². The van der Waals surface area contributed by atoms with E-state index in [1.54, 1.807) is 24.8 Å². The molecule has 0 radical (unpaired) electrons. The highest BCUT2D eigenvalue weighted by Crippen LogP contribution is 2.32. The van der Waals surface area contributed by atoms with Gasteiger partial charge in [0.15, 0.2) is 0 Å². The summed E-state index contributed by atoms with van der Waals surface area (Å²) in [6, 6.07) is 10.0. The van der Waals surface area contributed by atoms with Gasteiger partial charge in [0.2, 0.25) is 0 Å². The van der Waals surface area contributed by atoms with Gasteiger partial charge in [-0.25, -0.2) is 0 Å². The number of nitrogens with zero attached hydrogens (tertiary/aromatic N) is 3. The number of hydrogen-bond donors (Lipinski definition) is 0. The Bertz CT molecular complexity index is 679. The van der Waals surface area contributed by atoms with Crippen molar-refractivity contribution in [2.24, 2.45) is 0 Å². The summed E-state index contributed by atoms with van der Waals surface area (Å²) in [6.07, 6.45) is 9.03. The van der Waals surface area contributed by atoms with Crippen LogP contribution in [0.5, 0.6) is 0 Å². The lowest BCUT2D eigenvalue weighted by Crippen LogP contribution is -1.92. The summed E-state index contributed by atoms with van der Waals surface area (Å²) in [6.45, 7) is 2.10. The Morgan fingerprint density at radius 1 is 0.684 bits per heavy atom. The first-order valence-corrected chi connectivity index (χ1v) is 6.12. The zero-order valence-electron chi connectivity index (χ0n) is 10.6. The molecular weight excluding hydrogens is 234 g/mol. The van der Waals surface area contributed by atoms with Gasteiger partial charge in [0.05, 0.1) is 5.69 Å². The van der Waals surface area contributed by atoms with Gasteiger partial charge >= 0.3 is 0 Å². The summed E-state index contributed by atoms with van der Waals surface area (Å²) >= 11 is 0. The van der Waals surface area contributed by atoms with Crippen molar-refractivity contribution in [1.82, 2.24) is 15.0 Å². The fourth-order valence-electron chi connectivity index (χ4n) is 2.17. The van der Waals surface area contributed by atoms with Gasteiger partial charge in [0.1, 0.15) is 0 Å². The second kappa shape index (κ2) is 4.98. The summed E-state index contributed by atoms with van der Waals surface area (Å²) in [5, 5.41) is 0. The Balaban J connectivity index is 2.25.